The van der Waals surface area contributed by atoms with Gasteiger partial charge in [0.2, 0.25) is 5.91 Å². The van der Waals surface area contributed by atoms with Crippen molar-refractivity contribution in [2.24, 2.45) is 5.92 Å². The standard InChI is InChI=1S/C15H23N3O4/c1-9(2)14(18(3)8-13(19)20)15(21)17-10-5-6-12(22-4)11(16)7-10/h5-7,9,14H,8,16H2,1-4H3,(H,17,21)(H,19,20). The molecule has 1 aromatic carbocycles. The van der Waals surface area contributed by atoms with Crippen LogP contribution in [0.3, 0.4) is 0 Å². The van der Waals surface area contributed by atoms with Gasteiger partial charge in [0.1, 0.15) is 5.75 Å². The Kier molecular flexibility index (Phi) is 6.18. The van der Waals surface area contributed by atoms with Crippen LogP contribution >= 0.6 is 0 Å². The maximum atomic E-state index is 12.4. The summed E-state index contributed by atoms with van der Waals surface area (Å²) >= 11 is 0. The third-order valence-electron chi connectivity index (χ3n) is 3.26. The highest BCUT2D eigenvalue weighted by Crippen LogP contribution is 2.25. The quantitative estimate of drug-likeness (QED) is 0.655. The van der Waals surface area contributed by atoms with Crippen molar-refractivity contribution in [1.29, 1.82) is 0 Å². The number of carbonyl (C=O) groups excluding carboxylic acids is 1. The molecule has 1 amide bonds. The molecule has 0 aliphatic heterocycles. The molecule has 22 heavy (non-hydrogen) atoms. The predicted octanol–water partition coefficient (Wildman–Crippen LogP) is 1.26. The van der Waals surface area contributed by atoms with Crippen LogP contribution in [0.25, 0.3) is 0 Å². The third kappa shape index (κ3) is 4.63. The van der Waals surface area contributed by atoms with Crippen molar-refractivity contribution in [3.8, 4) is 5.75 Å². The molecule has 1 atom stereocenters. The van der Waals surface area contributed by atoms with Gasteiger partial charge in [0, 0.05) is 5.69 Å². The van der Waals surface area contributed by atoms with E-state index < -0.39 is 12.0 Å². The Labute approximate surface area is 130 Å². The summed E-state index contributed by atoms with van der Waals surface area (Å²) in [6, 6.07) is 4.39. The van der Waals surface area contributed by atoms with E-state index in [1.165, 1.54) is 12.0 Å². The lowest BCUT2D eigenvalue weighted by molar-refractivity contribution is -0.139. The van der Waals surface area contributed by atoms with E-state index in [-0.39, 0.29) is 18.4 Å². The van der Waals surface area contributed by atoms with Gasteiger partial charge in [0.25, 0.3) is 0 Å². The molecule has 1 rings (SSSR count). The molecule has 7 nitrogen and oxygen atoms in total. The third-order valence-corrected chi connectivity index (χ3v) is 3.26. The van der Waals surface area contributed by atoms with Gasteiger partial charge in [-0.3, -0.25) is 14.5 Å². The molecule has 0 aliphatic carbocycles. The fraction of sp³-hybridized carbons (Fsp3) is 0.467. The first-order valence-corrected chi connectivity index (χ1v) is 6.92. The van der Waals surface area contributed by atoms with E-state index in [2.05, 4.69) is 5.32 Å². The minimum Gasteiger partial charge on any atom is -0.495 e. The molecule has 7 heteroatoms. The van der Waals surface area contributed by atoms with Crippen LogP contribution < -0.4 is 15.8 Å². The number of nitrogens with zero attached hydrogens (tertiary/aromatic N) is 1. The summed E-state index contributed by atoms with van der Waals surface area (Å²) < 4.78 is 5.06. The van der Waals surface area contributed by atoms with Crippen LogP contribution in [-0.4, -0.2) is 48.6 Å². The molecule has 0 bridgehead atoms. The number of likely N-dealkylation sites (N-methyl/N-ethyl adjacent to an activating group) is 1. The van der Waals surface area contributed by atoms with E-state index in [9.17, 15) is 9.59 Å². The highest BCUT2D eigenvalue weighted by molar-refractivity contribution is 5.95. The number of nitrogens with two attached hydrogens (primary N) is 1. The average Bonchev–Trinajstić information content (AvgIpc) is 2.37. The minimum absolute atomic E-state index is 0.0417. The van der Waals surface area contributed by atoms with E-state index >= 15 is 0 Å². The highest BCUT2D eigenvalue weighted by Gasteiger charge is 2.27. The molecule has 1 unspecified atom stereocenters. The second-order valence-corrected chi connectivity index (χ2v) is 5.44. The molecule has 0 saturated carbocycles. The number of anilines is 2. The maximum absolute atomic E-state index is 12.4. The Balaban J connectivity index is 2.87. The number of nitrogen functional groups attached to an aromatic ring is 1. The number of carboxylic acid groups (broad SMARTS) is 1. The van der Waals surface area contributed by atoms with Crippen molar-refractivity contribution in [2.75, 3.05) is 31.8 Å². The first-order chi connectivity index (χ1) is 10.3. The number of aliphatic carboxylic acids is 1. The molecular weight excluding hydrogens is 286 g/mol. The number of rotatable bonds is 7. The van der Waals surface area contributed by atoms with Gasteiger partial charge in [-0.15, -0.1) is 0 Å². The SMILES string of the molecule is COc1ccc(NC(=O)C(C(C)C)N(C)CC(=O)O)cc1N. The molecule has 0 aromatic heterocycles. The van der Waals surface area contributed by atoms with Gasteiger partial charge >= 0.3 is 5.97 Å². The van der Waals surface area contributed by atoms with E-state index in [1.54, 1.807) is 25.2 Å². The van der Waals surface area contributed by atoms with Crippen molar-refractivity contribution >= 4 is 23.3 Å². The minimum atomic E-state index is -0.977. The smallest absolute Gasteiger partial charge is 0.317 e. The summed E-state index contributed by atoms with van der Waals surface area (Å²) in [5.41, 5.74) is 6.76. The lowest BCUT2D eigenvalue weighted by Crippen LogP contribution is -2.47. The predicted molar refractivity (Wildman–Crippen MR) is 84.9 cm³/mol. The molecule has 122 valence electrons. The Morgan fingerprint density at radius 1 is 1.41 bits per heavy atom. The van der Waals surface area contributed by atoms with Crippen molar-refractivity contribution < 1.29 is 19.4 Å². The van der Waals surface area contributed by atoms with E-state index in [4.69, 9.17) is 15.6 Å². The Hall–Kier alpha value is -2.28. The zero-order valence-corrected chi connectivity index (χ0v) is 13.3. The molecule has 0 saturated heterocycles. The molecule has 0 spiro atoms. The fourth-order valence-corrected chi connectivity index (χ4v) is 2.35. The van der Waals surface area contributed by atoms with Crippen LogP contribution in [0.1, 0.15) is 13.8 Å². The van der Waals surface area contributed by atoms with Crippen molar-refractivity contribution in [1.82, 2.24) is 4.90 Å². The van der Waals surface area contributed by atoms with Gasteiger partial charge in [-0.25, -0.2) is 0 Å². The number of nitrogens with one attached hydrogen (secondary N) is 1. The van der Waals surface area contributed by atoms with E-state index in [1.807, 2.05) is 13.8 Å². The number of carboxylic acids is 1. The van der Waals surface area contributed by atoms with Gasteiger partial charge < -0.3 is 20.9 Å². The monoisotopic (exact) mass is 309 g/mol. The van der Waals surface area contributed by atoms with Gasteiger partial charge in [-0.1, -0.05) is 13.8 Å². The summed E-state index contributed by atoms with van der Waals surface area (Å²) in [5, 5.41) is 11.6. The molecular formula is C15H23N3O4. The molecule has 4 N–H and O–H groups in total. The molecule has 1 aromatic rings. The maximum Gasteiger partial charge on any atom is 0.317 e. The lowest BCUT2D eigenvalue weighted by Gasteiger charge is -2.28. The van der Waals surface area contributed by atoms with E-state index in [0.717, 1.165) is 0 Å². The number of hydrogen-bond donors (Lipinski definition) is 3. The number of methoxy groups -OCH3 is 1. The molecule has 0 fully saturated rings. The van der Waals surface area contributed by atoms with Crippen LogP contribution in [-0.2, 0) is 9.59 Å². The summed E-state index contributed by atoms with van der Waals surface area (Å²) in [7, 11) is 3.13. The average molecular weight is 309 g/mol. The van der Waals surface area contributed by atoms with Gasteiger partial charge in [-0.2, -0.15) is 0 Å². The molecule has 0 aliphatic rings. The van der Waals surface area contributed by atoms with Gasteiger partial charge in [0.15, 0.2) is 0 Å². The number of hydrogen-bond acceptors (Lipinski definition) is 5. The first-order valence-electron chi connectivity index (χ1n) is 6.92. The number of ether oxygens (including phenoxy) is 1. The summed E-state index contributed by atoms with van der Waals surface area (Å²) in [6.07, 6.45) is 0. The Morgan fingerprint density at radius 3 is 2.50 bits per heavy atom. The van der Waals surface area contributed by atoms with Crippen LogP contribution in [0.2, 0.25) is 0 Å². The van der Waals surface area contributed by atoms with Crippen LogP contribution in [0.4, 0.5) is 11.4 Å². The number of benzene rings is 1. The Morgan fingerprint density at radius 2 is 2.05 bits per heavy atom. The zero-order valence-electron chi connectivity index (χ0n) is 13.3. The topological polar surface area (TPSA) is 105 Å². The lowest BCUT2D eigenvalue weighted by atomic mass is 10.0. The zero-order chi connectivity index (χ0) is 16.9. The van der Waals surface area contributed by atoms with Crippen LogP contribution in [0, 0.1) is 5.92 Å². The second kappa shape index (κ2) is 7.65. The number of carbonyl (C=O) groups is 2. The summed E-state index contributed by atoms with van der Waals surface area (Å²) in [5.74, 6) is -0.765. The summed E-state index contributed by atoms with van der Waals surface area (Å²) in [6.45, 7) is 3.52. The molecule has 0 radical (unpaired) electrons. The summed E-state index contributed by atoms with van der Waals surface area (Å²) in [4.78, 5) is 24.8. The molecule has 0 heterocycles. The second-order valence-electron chi connectivity index (χ2n) is 5.44. The normalized spacial score (nSPS) is 12.3. The van der Waals surface area contributed by atoms with E-state index in [0.29, 0.717) is 17.1 Å². The first kappa shape index (κ1) is 17.8. The number of amides is 1. The van der Waals surface area contributed by atoms with Crippen LogP contribution in [0.15, 0.2) is 18.2 Å². The van der Waals surface area contributed by atoms with Crippen LogP contribution in [0.5, 0.6) is 5.75 Å². The Bertz CT molecular complexity index is 546. The highest BCUT2D eigenvalue weighted by atomic mass is 16.5. The van der Waals surface area contributed by atoms with Gasteiger partial charge in [-0.05, 0) is 31.2 Å². The largest absolute Gasteiger partial charge is 0.495 e. The van der Waals surface area contributed by atoms with Crippen molar-refractivity contribution in [3.63, 3.8) is 0 Å². The van der Waals surface area contributed by atoms with Crippen molar-refractivity contribution in [3.05, 3.63) is 18.2 Å². The van der Waals surface area contributed by atoms with Gasteiger partial charge in [0.05, 0.1) is 25.4 Å². The fourth-order valence-electron chi connectivity index (χ4n) is 2.35. The van der Waals surface area contributed by atoms with Crippen molar-refractivity contribution in [2.45, 2.75) is 19.9 Å².